The molecular formula is C17H28N2O. The molecule has 2 aliphatic carbocycles. The predicted octanol–water partition coefficient (Wildman–Crippen LogP) is 2.51. The number of hydrogen-bond acceptors (Lipinski definition) is 2. The lowest BCUT2D eigenvalue weighted by molar-refractivity contribution is -0.137. The van der Waals surface area contributed by atoms with E-state index in [1.54, 1.807) is 0 Å². The van der Waals surface area contributed by atoms with Gasteiger partial charge in [0.1, 0.15) is 0 Å². The van der Waals surface area contributed by atoms with Crippen LogP contribution >= 0.6 is 0 Å². The molecule has 0 N–H and O–H groups in total. The molecule has 2 aliphatic heterocycles. The van der Waals surface area contributed by atoms with Crippen LogP contribution in [0.15, 0.2) is 0 Å². The fraction of sp³-hybridized carbons (Fsp3) is 0.941. The average Bonchev–Trinajstić information content (AvgIpc) is 3.08. The zero-order chi connectivity index (χ0) is 13.6. The Balaban J connectivity index is 1.36. The molecule has 3 nitrogen and oxygen atoms in total. The summed E-state index contributed by atoms with van der Waals surface area (Å²) in [5, 5.41) is 0. The fourth-order valence-electron chi connectivity index (χ4n) is 4.50. The molecule has 0 aromatic heterocycles. The van der Waals surface area contributed by atoms with Gasteiger partial charge in [0.2, 0.25) is 5.91 Å². The summed E-state index contributed by atoms with van der Waals surface area (Å²) in [7, 11) is 0. The van der Waals surface area contributed by atoms with Gasteiger partial charge in [-0.05, 0) is 57.4 Å². The predicted molar refractivity (Wildman–Crippen MR) is 79.4 cm³/mol. The largest absolute Gasteiger partial charge is 0.342 e. The third kappa shape index (κ3) is 2.49. The average molecular weight is 276 g/mol. The summed E-state index contributed by atoms with van der Waals surface area (Å²) in [6, 6.07) is 0. The Morgan fingerprint density at radius 3 is 2.55 bits per heavy atom. The van der Waals surface area contributed by atoms with E-state index < -0.39 is 0 Å². The van der Waals surface area contributed by atoms with Gasteiger partial charge in [-0.1, -0.05) is 6.42 Å². The van der Waals surface area contributed by atoms with Gasteiger partial charge in [0.25, 0.3) is 0 Å². The van der Waals surface area contributed by atoms with Gasteiger partial charge in [0, 0.05) is 37.5 Å². The normalized spacial score (nSPS) is 35.5. The van der Waals surface area contributed by atoms with E-state index in [0.717, 1.165) is 31.8 Å². The lowest BCUT2D eigenvalue weighted by atomic mass is 9.79. The zero-order valence-electron chi connectivity index (χ0n) is 12.6. The Morgan fingerprint density at radius 1 is 1.00 bits per heavy atom. The summed E-state index contributed by atoms with van der Waals surface area (Å²) in [6.45, 7) is 5.99. The zero-order valence-corrected chi connectivity index (χ0v) is 12.6. The number of hydrogen-bond donors (Lipinski definition) is 0. The molecule has 0 aromatic rings. The van der Waals surface area contributed by atoms with Crippen LogP contribution in [0.1, 0.15) is 51.4 Å². The third-order valence-electron chi connectivity index (χ3n) is 6.16. The van der Waals surface area contributed by atoms with E-state index in [1.165, 1.54) is 58.2 Å². The van der Waals surface area contributed by atoms with Crippen molar-refractivity contribution in [1.29, 1.82) is 0 Å². The second kappa shape index (κ2) is 5.01. The first kappa shape index (κ1) is 13.1. The topological polar surface area (TPSA) is 23.6 Å². The molecule has 1 amide bonds. The van der Waals surface area contributed by atoms with Crippen molar-refractivity contribution >= 4 is 5.91 Å². The lowest BCUT2D eigenvalue weighted by Crippen LogP contribution is -2.46. The number of carbonyl (C=O) groups is 1. The van der Waals surface area contributed by atoms with Gasteiger partial charge in [-0.15, -0.1) is 0 Å². The molecule has 1 spiro atoms. The molecule has 1 atom stereocenters. The standard InChI is InChI=1S/C17H28N2O/c20-16(15-3-1-4-15)19-10-8-17(13-19)7-2-9-18(12-17)11-14-5-6-14/h14-15H,1-13H2. The maximum absolute atomic E-state index is 12.4. The molecule has 2 heterocycles. The van der Waals surface area contributed by atoms with E-state index in [2.05, 4.69) is 9.80 Å². The minimum atomic E-state index is 0.385. The van der Waals surface area contributed by atoms with E-state index in [9.17, 15) is 4.79 Å². The van der Waals surface area contributed by atoms with Crippen LogP contribution in [0.2, 0.25) is 0 Å². The van der Waals surface area contributed by atoms with Crippen molar-refractivity contribution in [3.63, 3.8) is 0 Å². The van der Waals surface area contributed by atoms with Crippen LogP contribution in [0.25, 0.3) is 0 Å². The fourth-order valence-corrected chi connectivity index (χ4v) is 4.50. The maximum Gasteiger partial charge on any atom is 0.225 e. The van der Waals surface area contributed by atoms with Crippen LogP contribution in [0.5, 0.6) is 0 Å². The van der Waals surface area contributed by atoms with E-state index in [0.29, 0.717) is 17.2 Å². The monoisotopic (exact) mass is 276 g/mol. The molecule has 4 aliphatic rings. The van der Waals surface area contributed by atoms with Crippen LogP contribution in [-0.2, 0) is 4.79 Å². The summed E-state index contributed by atoms with van der Waals surface area (Å²) in [6.07, 6.45) is 10.4. The van der Waals surface area contributed by atoms with E-state index in [-0.39, 0.29) is 0 Å². The smallest absolute Gasteiger partial charge is 0.225 e. The molecule has 20 heavy (non-hydrogen) atoms. The van der Waals surface area contributed by atoms with Crippen LogP contribution < -0.4 is 0 Å². The van der Waals surface area contributed by atoms with Gasteiger partial charge in [-0.2, -0.15) is 0 Å². The summed E-state index contributed by atoms with van der Waals surface area (Å²) in [5.74, 6) is 1.86. The second-order valence-electron chi connectivity index (χ2n) is 7.92. The lowest BCUT2D eigenvalue weighted by Gasteiger charge is -2.41. The van der Waals surface area contributed by atoms with Crippen LogP contribution in [-0.4, -0.2) is 48.4 Å². The Labute approximate surface area is 122 Å². The van der Waals surface area contributed by atoms with E-state index >= 15 is 0 Å². The Morgan fingerprint density at radius 2 is 1.85 bits per heavy atom. The third-order valence-corrected chi connectivity index (χ3v) is 6.16. The van der Waals surface area contributed by atoms with Crippen molar-refractivity contribution < 1.29 is 4.79 Å². The molecule has 3 heteroatoms. The van der Waals surface area contributed by atoms with E-state index in [1.807, 2.05) is 0 Å². The summed E-state index contributed by atoms with van der Waals surface area (Å²) in [4.78, 5) is 17.4. The SMILES string of the molecule is O=C(C1CCC1)N1CCC2(CCCN(CC3CC3)C2)C1. The molecular weight excluding hydrogens is 248 g/mol. The molecule has 2 saturated carbocycles. The maximum atomic E-state index is 12.4. The summed E-state index contributed by atoms with van der Waals surface area (Å²) < 4.78 is 0. The number of carbonyl (C=O) groups excluding carboxylic acids is 1. The molecule has 4 rings (SSSR count). The highest BCUT2D eigenvalue weighted by Gasteiger charge is 2.44. The molecule has 4 fully saturated rings. The molecule has 112 valence electrons. The van der Waals surface area contributed by atoms with Crippen molar-refractivity contribution in [3.05, 3.63) is 0 Å². The van der Waals surface area contributed by atoms with Crippen molar-refractivity contribution in [3.8, 4) is 0 Å². The summed E-state index contributed by atoms with van der Waals surface area (Å²) >= 11 is 0. The number of rotatable bonds is 3. The number of piperidine rings is 1. The van der Waals surface area contributed by atoms with Crippen LogP contribution in [0.4, 0.5) is 0 Å². The molecule has 0 radical (unpaired) electrons. The van der Waals surface area contributed by atoms with Gasteiger partial charge >= 0.3 is 0 Å². The van der Waals surface area contributed by atoms with Gasteiger partial charge < -0.3 is 9.80 Å². The van der Waals surface area contributed by atoms with Gasteiger partial charge in [-0.25, -0.2) is 0 Å². The Bertz CT molecular complexity index is 388. The highest BCUT2D eigenvalue weighted by Crippen LogP contribution is 2.42. The molecule has 0 aromatic carbocycles. The molecule has 2 saturated heterocycles. The number of amides is 1. The van der Waals surface area contributed by atoms with Crippen molar-refractivity contribution in [1.82, 2.24) is 9.80 Å². The van der Waals surface area contributed by atoms with Crippen molar-refractivity contribution in [2.45, 2.75) is 51.4 Å². The minimum absolute atomic E-state index is 0.385. The first-order chi connectivity index (χ1) is 9.74. The highest BCUT2D eigenvalue weighted by molar-refractivity contribution is 5.80. The quantitative estimate of drug-likeness (QED) is 0.791. The van der Waals surface area contributed by atoms with Crippen LogP contribution in [0.3, 0.4) is 0 Å². The van der Waals surface area contributed by atoms with Crippen molar-refractivity contribution in [2.24, 2.45) is 17.3 Å². The minimum Gasteiger partial charge on any atom is -0.342 e. The first-order valence-electron chi connectivity index (χ1n) is 8.75. The van der Waals surface area contributed by atoms with Gasteiger partial charge in [0.05, 0.1) is 0 Å². The van der Waals surface area contributed by atoms with E-state index in [4.69, 9.17) is 0 Å². The van der Waals surface area contributed by atoms with Gasteiger partial charge in [-0.3, -0.25) is 4.79 Å². The Hall–Kier alpha value is -0.570. The van der Waals surface area contributed by atoms with Crippen molar-refractivity contribution in [2.75, 3.05) is 32.7 Å². The second-order valence-corrected chi connectivity index (χ2v) is 7.92. The van der Waals surface area contributed by atoms with Gasteiger partial charge in [0.15, 0.2) is 0 Å². The van der Waals surface area contributed by atoms with Crippen LogP contribution in [0, 0.1) is 17.3 Å². The first-order valence-corrected chi connectivity index (χ1v) is 8.75. The number of likely N-dealkylation sites (tertiary alicyclic amines) is 2. The molecule has 1 unspecified atom stereocenters. The highest BCUT2D eigenvalue weighted by atomic mass is 16.2. The summed E-state index contributed by atoms with van der Waals surface area (Å²) in [5.41, 5.74) is 0.451. The number of nitrogens with zero attached hydrogens (tertiary/aromatic N) is 2. The molecule has 0 bridgehead atoms. The Kier molecular flexibility index (Phi) is 3.29.